The van der Waals surface area contributed by atoms with E-state index in [1.54, 1.807) is 19.1 Å². The van der Waals surface area contributed by atoms with Crippen molar-refractivity contribution in [3.05, 3.63) is 94.8 Å². The molecule has 3 aromatic carbocycles. The van der Waals surface area contributed by atoms with Crippen molar-refractivity contribution in [2.24, 2.45) is 0 Å². The van der Waals surface area contributed by atoms with Gasteiger partial charge in [0.15, 0.2) is 0 Å². The second kappa shape index (κ2) is 7.82. The van der Waals surface area contributed by atoms with E-state index in [0.717, 1.165) is 25.3 Å². The average Bonchev–Trinajstić information content (AvgIpc) is 3.07. The Hall–Kier alpha value is -3.18. The number of halogens is 1. The van der Waals surface area contributed by atoms with Gasteiger partial charge in [0.1, 0.15) is 5.82 Å². The highest BCUT2D eigenvalue weighted by atomic mass is 19.1. The number of aryl methyl sites for hydroxylation is 1. The van der Waals surface area contributed by atoms with Gasteiger partial charge >= 0.3 is 6.03 Å². The van der Waals surface area contributed by atoms with Crippen LogP contribution in [0, 0.1) is 12.7 Å². The number of urea groups is 1. The average molecular weight is 375 g/mol. The van der Waals surface area contributed by atoms with Crippen molar-refractivity contribution in [2.75, 3.05) is 10.6 Å². The number of amides is 2. The third kappa shape index (κ3) is 4.21. The van der Waals surface area contributed by atoms with Crippen LogP contribution in [0.15, 0.2) is 66.7 Å². The predicted molar refractivity (Wildman–Crippen MR) is 110 cm³/mol. The number of carbonyl (C=O) groups is 1. The highest BCUT2D eigenvalue weighted by Crippen LogP contribution is 2.27. The summed E-state index contributed by atoms with van der Waals surface area (Å²) in [5, 5.41) is 5.49. The minimum atomic E-state index is -0.387. The number of anilines is 2. The van der Waals surface area contributed by atoms with Crippen LogP contribution in [0.2, 0.25) is 0 Å². The summed E-state index contributed by atoms with van der Waals surface area (Å²) in [5.41, 5.74) is 5.49. The quantitative estimate of drug-likeness (QED) is 0.650. The molecule has 142 valence electrons. The van der Waals surface area contributed by atoms with Gasteiger partial charge in [0.05, 0.1) is 0 Å². The molecule has 3 aromatic rings. The van der Waals surface area contributed by atoms with Crippen molar-refractivity contribution >= 4 is 17.4 Å². The number of benzene rings is 3. The van der Waals surface area contributed by atoms with E-state index in [-0.39, 0.29) is 11.8 Å². The Labute approximate surface area is 164 Å². The van der Waals surface area contributed by atoms with Crippen molar-refractivity contribution < 1.29 is 9.18 Å². The molecule has 0 spiro atoms. The van der Waals surface area contributed by atoms with Gasteiger partial charge in [-0.3, -0.25) is 4.90 Å². The van der Waals surface area contributed by atoms with Crippen molar-refractivity contribution in [1.82, 2.24) is 4.90 Å². The van der Waals surface area contributed by atoms with Crippen LogP contribution in [0.3, 0.4) is 0 Å². The van der Waals surface area contributed by atoms with Crippen molar-refractivity contribution in [3.63, 3.8) is 0 Å². The Morgan fingerprint density at radius 3 is 2.36 bits per heavy atom. The molecule has 1 aliphatic heterocycles. The SMILES string of the molecule is Cc1ccc(NC(=O)Nc2ccc3c(c2)CN(Cc2ccccc2)C3)cc1F. The molecule has 0 fully saturated rings. The van der Waals surface area contributed by atoms with Crippen LogP contribution in [-0.4, -0.2) is 10.9 Å². The van der Waals surface area contributed by atoms with E-state index in [0.29, 0.717) is 11.3 Å². The fourth-order valence-electron chi connectivity index (χ4n) is 3.46. The summed E-state index contributed by atoms with van der Waals surface area (Å²) in [6.07, 6.45) is 0. The number of fused-ring (bicyclic) bond motifs is 1. The summed E-state index contributed by atoms with van der Waals surface area (Å²) in [7, 11) is 0. The Morgan fingerprint density at radius 2 is 1.61 bits per heavy atom. The Kier molecular flexibility index (Phi) is 5.08. The van der Waals surface area contributed by atoms with Gasteiger partial charge in [-0.1, -0.05) is 42.5 Å². The molecule has 5 heteroatoms. The highest BCUT2D eigenvalue weighted by molar-refractivity contribution is 5.99. The zero-order chi connectivity index (χ0) is 19.5. The predicted octanol–water partition coefficient (Wildman–Crippen LogP) is 5.29. The third-order valence-corrected chi connectivity index (χ3v) is 4.93. The van der Waals surface area contributed by atoms with E-state index in [2.05, 4.69) is 45.9 Å². The summed E-state index contributed by atoms with van der Waals surface area (Å²) in [5.74, 6) is -0.339. The molecule has 0 saturated carbocycles. The van der Waals surface area contributed by atoms with Crippen LogP contribution in [0.25, 0.3) is 0 Å². The first kappa shape index (κ1) is 18.2. The van der Waals surface area contributed by atoms with Crippen LogP contribution in [0.1, 0.15) is 22.3 Å². The number of hydrogen-bond donors (Lipinski definition) is 2. The first-order valence-corrected chi connectivity index (χ1v) is 9.29. The van der Waals surface area contributed by atoms with Crippen LogP contribution < -0.4 is 10.6 Å². The Balaban J connectivity index is 1.38. The van der Waals surface area contributed by atoms with E-state index < -0.39 is 0 Å². The molecule has 4 rings (SSSR count). The number of nitrogens with zero attached hydrogens (tertiary/aromatic N) is 1. The van der Waals surface area contributed by atoms with E-state index in [1.165, 1.54) is 22.8 Å². The molecule has 4 nitrogen and oxygen atoms in total. The lowest BCUT2D eigenvalue weighted by Crippen LogP contribution is -2.19. The third-order valence-electron chi connectivity index (χ3n) is 4.93. The van der Waals surface area contributed by atoms with Crippen LogP contribution in [-0.2, 0) is 19.6 Å². The molecule has 1 heterocycles. The molecule has 1 aliphatic rings. The molecule has 2 amide bonds. The van der Waals surface area contributed by atoms with Gasteiger partial charge in [-0.25, -0.2) is 9.18 Å². The largest absolute Gasteiger partial charge is 0.323 e. The zero-order valence-corrected chi connectivity index (χ0v) is 15.7. The number of hydrogen-bond acceptors (Lipinski definition) is 2. The number of carbonyl (C=O) groups excluding carboxylic acids is 1. The maximum atomic E-state index is 13.6. The minimum Gasteiger partial charge on any atom is -0.308 e. The Morgan fingerprint density at radius 1 is 0.929 bits per heavy atom. The second-order valence-corrected chi connectivity index (χ2v) is 7.16. The maximum Gasteiger partial charge on any atom is 0.323 e. The Bertz CT molecular complexity index is 1000. The van der Waals surface area contributed by atoms with Gasteiger partial charge in [0.25, 0.3) is 0 Å². The first-order chi connectivity index (χ1) is 13.6. The molecule has 0 radical (unpaired) electrons. The molecule has 0 aromatic heterocycles. The summed E-state index contributed by atoms with van der Waals surface area (Å²) in [6, 6.07) is 20.6. The van der Waals surface area contributed by atoms with Crippen molar-refractivity contribution in [3.8, 4) is 0 Å². The van der Waals surface area contributed by atoms with Crippen LogP contribution in [0.5, 0.6) is 0 Å². The molecule has 0 saturated heterocycles. The van der Waals surface area contributed by atoms with Crippen LogP contribution >= 0.6 is 0 Å². The second-order valence-electron chi connectivity index (χ2n) is 7.16. The molecule has 28 heavy (non-hydrogen) atoms. The molecule has 0 unspecified atom stereocenters. The van der Waals surface area contributed by atoms with Gasteiger partial charge in [-0.2, -0.15) is 0 Å². The fraction of sp³-hybridized carbons (Fsp3) is 0.174. The normalized spacial score (nSPS) is 13.2. The van der Waals surface area contributed by atoms with E-state index in [1.807, 2.05) is 18.2 Å². The van der Waals surface area contributed by atoms with Crippen LogP contribution in [0.4, 0.5) is 20.6 Å². The van der Waals surface area contributed by atoms with Crippen molar-refractivity contribution in [2.45, 2.75) is 26.6 Å². The lowest BCUT2D eigenvalue weighted by molar-refractivity contribution is 0.262. The molecule has 2 N–H and O–H groups in total. The lowest BCUT2D eigenvalue weighted by atomic mass is 10.1. The van der Waals surface area contributed by atoms with Gasteiger partial charge in [-0.05, 0) is 53.4 Å². The highest BCUT2D eigenvalue weighted by Gasteiger charge is 2.19. The van der Waals surface area contributed by atoms with Gasteiger partial charge < -0.3 is 10.6 Å². The molecular weight excluding hydrogens is 353 g/mol. The molecule has 0 atom stereocenters. The standard InChI is InChI=1S/C23H22FN3O/c1-16-7-9-21(12-22(16)24)26-23(28)25-20-10-8-18-14-27(15-19(18)11-20)13-17-5-3-2-4-6-17/h2-12H,13-15H2,1H3,(H2,25,26,28). The number of rotatable bonds is 4. The van der Waals surface area contributed by atoms with E-state index in [4.69, 9.17) is 0 Å². The molecule has 0 bridgehead atoms. The van der Waals surface area contributed by atoms with Crippen molar-refractivity contribution in [1.29, 1.82) is 0 Å². The fourth-order valence-corrected chi connectivity index (χ4v) is 3.46. The lowest BCUT2D eigenvalue weighted by Gasteiger charge is -2.14. The molecule has 0 aliphatic carbocycles. The smallest absolute Gasteiger partial charge is 0.308 e. The monoisotopic (exact) mass is 375 g/mol. The zero-order valence-electron chi connectivity index (χ0n) is 15.7. The maximum absolute atomic E-state index is 13.6. The van der Waals surface area contributed by atoms with E-state index >= 15 is 0 Å². The molecular formula is C23H22FN3O. The summed E-state index contributed by atoms with van der Waals surface area (Å²) >= 11 is 0. The summed E-state index contributed by atoms with van der Waals surface area (Å²) in [4.78, 5) is 14.6. The summed E-state index contributed by atoms with van der Waals surface area (Å²) < 4.78 is 13.6. The summed E-state index contributed by atoms with van der Waals surface area (Å²) in [6.45, 7) is 4.34. The van der Waals surface area contributed by atoms with E-state index in [9.17, 15) is 9.18 Å². The topological polar surface area (TPSA) is 44.4 Å². The number of nitrogens with one attached hydrogen (secondary N) is 2. The van der Waals surface area contributed by atoms with Gasteiger partial charge in [0.2, 0.25) is 0 Å². The first-order valence-electron chi connectivity index (χ1n) is 9.29. The van der Waals surface area contributed by atoms with Gasteiger partial charge in [-0.15, -0.1) is 0 Å². The minimum absolute atomic E-state index is 0.339. The van der Waals surface area contributed by atoms with Gasteiger partial charge in [0, 0.05) is 31.0 Å².